The average molecular weight is 737 g/mol. The van der Waals surface area contributed by atoms with E-state index in [4.69, 9.17) is 63.0 Å². The number of carbonyl (C=O) groups is 1. The lowest BCUT2D eigenvalue weighted by Crippen LogP contribution is -2.58. The van der Waals surface area contributed by atoms with E-state index in [1.54, 1.807) is 28.1 Å². The fourth-order valence-corrected chi connectivity index (χ4v) is 7.57. The molecule has 2 aliphatic rings. The number of carbonyl (C=O) groups excluding carboxylic acids is 1. The number of phenolic OH excluding ortho intramolecular Hbond substituents is 1. The number of hydrogen-bond acceptors (Lipinski definition) is 8. The fraction of sp³-hybridized carbons (Fsp3) is 0.333. The molecule has 0 saturated carbocycles. The number of nitrogens with zero attached hydrogens (tertiary/aromatic N) is 6. The Morgan fingerprint density at radius 3 is 2.30 bits per heavy atom. The van der Waals surface area contributed by atoms with Crippen molar-refractivity contribution in [1.82, 2.24) is 19.8 Å². The summed E-state index contributed by atoms with van der Waals surface area (Å²) in [5.41, 5.74) is 2.83. The zero-order chi connectivity index (χ0) is 34.6. The molecule has 47 heavy (non-hydrogen) atoms. The summed E-state index contributed by atoms with van der Waals surface area (Å²) in [6.45, 7) is 13.9. The van der Waals surface area contributed by atoms with Gasteiger partial charge in [0.2, 0.25) is 5.91 Å². The molecule has 2 aliphatic heterocycles. The molecule has 2 aromatic heterocycles. The van der Waals surface area contributed by atoms with Crippen molar-refractivity contribution in [2.75, 3.05) is 18.0 Å². The number of amides is 1. The van der Waals surface area contributed by atoms with E-state index in [1.807, 2.05) is 39.5 Å². The van der Waals surface area contributed by atoms with Crippen LogP contribution in [0.1, 0.15) is 50.4 Å². The Kier molecular flexibility index (Phi) is 9.96. The van der Waals surface area contributed by atoms with Crippen LogP contribution in [0.4, 0.5) is 11.5 Å². The van der Waals surface area contributed by atoms with Crippen LogP contribution in [0.5, 0.6) is 5.75 Å². The minimum Gasteiger partial charge on any atom is -0.506 e. The van der Waals surface area contributed by atoms with Gasteiger partial charge in [-0.2, -0.15) is 5.26 Å². The highest BCUT2D eigenvalue weighted by Crippen LogP contribution is 2.53. The van der Waals surface area contributed by atoms with Crippen molar-refractivity contribution < 1.29 is 15.0 Å². The maximum atomic E-state index is 12.7. The molecule has 1 fully saturated rings. The van der Waals surface area contributed by atoms with Gasteiger partial charge < -0.3 is 20.0 Å². The number of rotatable bonds is 5. The number of aliphatic hydroxyl groups is 1. The Morgan fingerprint density at radius 2 is 1.72 bits per heavy atom. The number of piperazine rings is 1. The number of nitriles is 1. The number of fused-ring (bicyclic) bond motifs is 1. The molecule has 14 heteroatoms. The Labute approximate surface area is 298 Å². The van der Waals surface area contributed by atoms with Crippen molar-refractivity contribution >= 4 is 81.1 Å². The number of phenols is 1. The second kappa shape index (κ2) is 13.3. The van der Waals surface area contributed by atoms with Crippen LogP contribution in [-0.4, -0.2) is 67.3 Å². The lowest BCUT2D eigenvalue weighted by atomic mass is 9.94. The monoisotopic (exact) mass is 734 g/mol. The Bertz CT molecular complexity index is 1850. The van der Waals surface area contributed by atoms with Crippen molar-refractivity contribution in [2.24, 2.45) is 0 Å². The molecule has 0 bridgehead atoms. The molecule has 246 valence electrons. The maximum absolute atomic E-state index is 12.7. The summed E-state index contributed by atoms with van der Waals surface area (Å²) in [5, 5.41) is 33.3. The first kappa shape index (κ1) is 35.1. The third-order valence-electron chi connectivity index (χ3n) is 8.40. The summed E-state index contributed by atoms with van der Waals surface area (Å²) in [4.78, 5) is 27.5. The number of aromatic hydroxyl groups is 1. The molecule has 1 aromatic carbocycles. The van der Waals surface area contributed by atoms with Gasteiger partial charge in [0.05, 0.1) is 48.4 Å². The largest absolute Gasteiger partial charge is 0.506 e. The van der Waals surface area contributed by atoms with Gasteiger partial charge in [0.1, 0.15) is 28.2 Å². The molecular formula is C33H31Cl5N6O3. The Hall–Kier alpha value is -3.23. The minimum atomic E-state index is -1.51. The summed E-state index contributed by atoms with van der Waals surface area (Å²) in [7, 11) is 0. The van der Waals surface area contributed by atoms with Crippen LogP contribution in [0.15, 0.2) is 36.6 Å². The van der Waals surface area contributed by atoms with E-state index in [9.17, 15) is 20.3 Å². The van der Waals surface area contributed by atoms with Gasteiger partial charge in [0.25, 0.3) is 0 Å². The lowest BCUT2D eigenvalue weighted by molar-refractivity contribution is -0.132. The first-order valence-electron chi connectivity index (χ1n) is 14.7. The lowest BCUT2D eigenvalue weighted by Gasteiger charge is -2.48. The van der Waals surface area contributed by atoms with Crippen molar-refractivity contribution in [3.05, 3.63) is 78.5 Å². The Balaban J connectivity index is 1.84. The van der Waals surface area contributed by atoms with E-state index in [0.717, 1.165) is 5.56 Å². The average Bonchev–Trinajstić information content (AvgIpc) is 3.02. The predicted molar refractivity (Wildman–Crippen MR) is 188 cm³/mol. The molecular weight excluding hydrogens is 706 g/mol. The van der Waals surface area contributed by atoms with Crippen LogP contribution in [0.2, 0.25) is 25.1 Å². The van der Waals surface area contributed by atoms with E-state index in [-0.39, 0.29) is 71.7 Å². The molecule has 3 aromatic rings. The van der Waals surface area contributed by atoms with Gasteiger partial charge >= 0.3 is 0 Å². The number of aromatic nitrogens is 2. The quantitative estimate of drug-likeness (QED) is 0.153. The number of aliphatic hydroxyl groups excluding tert-OH is 1. The standard InChI is InChI=1S/C33H31Cl5N6O3/c1-7-21(45)43-16(5)12-42(13-17(43)6)30-18-10-20(34)28(22-23(35)24(36)25(37)26(38)31(22)46)41-32(18)44(33(47)19(30)11-39)29-15(4)8-9-40-27(29)14(2)3/h7-10,14,16-17,33,46-47H,1,12-13H2,2-6H3/t16-,17+,33?. The van der Waals surface area contributed by atoms with Gasteiger partial charge in [0.15, 0.2) is 6.23 Å². The summed E-state index contributed by atoms with van der Waals surface area (Å²) in [6.07, 6.45) is 1.45. The van der Waals surface area contributed by atoms with Gasteiger partial charge in [-0.3, -0.25) is 14.7 Å². The van der Waals surface area contributed by atoms with Crippen LogP contribution in [-0.2, 0) is 4.79 Å². The molecule has 4 heterocycles. The van der Waals surface area contributed by atoms with Gasteiger partial charge in [-0.15, -0.1) is 0 Å². The maximum Gasteiger partial charge on any atom is 0.246 e. The molecule has 1 unspecified atom stereocenters. The second-order valence-corrected chi connectivity index (χ2v) is 13.8. The highest BCUT2D eigenvalue weighted by Gasteiger charge is 2.42. The molecule has 5 rings (SSSR count). The van der Waals surface area contributed by atoms with E-state index in [1.165, 1.54) is 6.08 Å². The van der Waals surface area contributed by atoms with Crippen LogP contribution in [0, 0.1) is 18.3 Å². The van der Waals surface area contributed by atoms with E-state index in [0.29, 0.717) is 35.7 Å². The number of hydrogen-bond donors (Lipinski definition) is 2. The van der Waals surface area contributed by atoms with Gasteiger partial charge in [-0.05, 0) is 50.5 Å². The number of halogens is 5. The van der Waals surface area contributed by atoms with Crippen LogP contribution >= 0.6 is 58.0 Å². The molecule has 9 nitrogen and oxygen atoms in total. The van der Waals surface area contributed by atoms with Gasteiger partial charge in [-0.25, -0.2) is 4.98 Å². The summed E-state index contributed by atoms with van der Waals surface area (Å²) in [5.74, 6) is -0.545. The summed E-state index contributed by atoms with van der Waals surface area (Å²) >= 11 is 32.5. The van der Waals surface area contributed by atoms with Crippen molar-refractivity contribution in [1.29, 1.82) is 5.26 Å². The zero-order valence-electron chi connectivity index (χ0n) is 26.1. The Morgan fingerprint density at radius 1 is 1.11 bits per heavy atom. The van der Waals surface area contributed by atoms with Crippen molar-refractivity contribution in [3.63, 3.8) is 0 Å². The van der Waals surface area contributed by atoms with Crippen molar-refractivity contribution in [3.8, 4) is 23.1 Å². The first-order chi connectivity index (χ1) is 22.2. The highest BCUT2D eigenvalue weighted by molar-refractivity contribution is 6.53. The molecule has 0 spiro atoms. The fourth-order valence-electron chi connectivity index (χ4n) is 6.39. The van der Waals surface area contributed by atoms with Gasteiger partial charge in [-0.1, -0.05) is 78.4 Å². The first-order valence-corrected chi connectivity index (χ1v) is 16.6. The zero-order valence-corrected chi connectivity index (χ0v) is 29.9. The van der Waals surface area contributed by atoms with Crippen LogP contribution in [0.3, 0.4) is 0 Å². The number of benzene rings is 1. The van der Waals surface area contributed by atoms with Gasteiger partial charge in [0, 0.05) is 36.9 Å². The molecule has 0 aliphatic carbocycles. The third-order valence-corrected chi connectivity index (χ3v) is 10.5. The molecule has 1 amide bonds. The number of pyridine rings is 2. The minimum absolute atomic E-state index is 0.0149. The van der Waals surface area contributed by atoms with E-state index < -0.39 is 12.0 Å². The van der Waals surface area contributed by atoms with E-state index >= 15 is 0 Å². The smallest absolute Gasteiger partial charge is 0.246 e. The number of anilines is 2. The number of aryl methyl sites for hydroxylation is 1. The SMILES string of the molecule is C=CC(=O)N1[C@H](C)CN(C2=C(C#N)C(O)N(c3c(C)ccnc3C(C)C)c3nc(-c4c(O)c(Cl)c(Cl)c(Cl)c4Cl)c(Cl)cc32)C[C@@H]1C. The normalized spacial score (nSPS) is 19.6. The molecule has 0 radical (unpaired) electrons. The molecule has 1 saturated heterocycles. The van der Waals surface area contributed by atoms with Crippen molar-refractivity contribution in [2.45, 2.75) is 58.8 Å². The predicted octanol–water partition coefficient (Wildman–Crippen LogP) is 8.36. The summed E-state index contributed by atoms with van der Waals surface area (Å²) < 4.78 is 0. The molecule has 3 atom stereocenters. The highest BCUT2D eigenvalue weighted by atomic mass is 35.5. The third kappa shape index (κ3) is 5.79. The van der Waals surface area contributed by atoms with Crippen LogP contribution < -0.4 is 4.90 Å². The molecule has 2 N–H and O–H groups in total. The second-order valence-electron chi connectivity index (χ2n) is 11.9. The summed E-state index contributed by atoms with van der Waals surface area (Å²) in [6, 6.07) is 5.12. The van der Waals surface area contributed by atoms with Crippen LogP contribution in [0.25, 0.3) is 17.0 Å². The van der Waals surface area contributed by atoms with E-state index in [2.05, 4.69) is 17.6 Å². The topological polar surface area (TPSA) is 117 Å².